The van der Waals surface area contributed by atoms with E-state index < -0.39 is 10.9 Å². The molecule has 0 aliphatic carbocycles. The molecule has 0 radical (unpaired) electrons. The number of rotatable bonds is 7. The van der Waals surface area contributed by atoms with Crippen molar-refractivity contribution in [3.05, 3.63) is 75.8 Å². The van der Waals surface area contributed by atoms with Gasteiger partial charge in [-0.2, -0.15) is 0 Å². The van der Waals surface area contributed by atoms with Gasteiger partial charge in [-0.3, -0.25) is 10.1 Å². The van der Waals surface area contributed by atoms with Crippen molar-refractivity contribution in [3.8, 4) is 16.3 Å². The average molecular weight is 370 g/mol. The molecular weight excluding hydrogens is 356 g/mol. The molecule has 0 aliphatic rings. The minimum atomic E-state index is -0.544. The Morgan fingerprint density at radius 2 is 1.85 bits per heavy atom. The van der Waals surface area contributed by atoms with Crippen molar-refractivity contribution in [2.45, 2.75) is 6.61 Å². The van der Waals surface area contributed by atoms with Gasteiger partial charge in [-0.25, -0.2) is 9.78 Å². The number of carbonyl (C=O) groups excluding carboxylic acids is 1. The van der Waals surface area contributed by atoms with Crippen LogP contribution in [0.5, 0.6) is 5.75 Å². The van der Waals surface area contributed by atoms with E-state index in [1.807, 2.05) is 35.7 Å². The second kappa shape index (κ2) is 8.21. The van der Waals surface area contributed by atoms with E-state index in [1.165, 1.54) is 35.6 Å². The predicted molar refractivity (Wildman–Crippen MR) is 95.9 cm³/mol. The first-order valence-electron chi connectivity index (χ1n) is 7.64. The number of esters is 1. The standard InChI is InChI=1S/C18H14N2O5S/c21-17(11-24-16-8-6-15(7-9-16)20(22)23)25-10-14-12-26-18(19-14)13-4-2-1-3-5-13/h1-9,12H,10-11H2. The minimum Gasteiger partial charge on any atom is -0.482 e. The third kappa shape index (κ3) is 4.64. The molecule has 0 aliphatic heterocycles. The maximum absolute atomic E-state index is 11.8. The zero-order valence-corrected chi connectivity index (χ0v) is 14.3. The zero-order chi connectivity index (χ0) is 18.4. The Morgan fingerprint density at radius 3 is 2.54 bits per heavy atom. The van der Waals surface area contributed by atoms with Crippen LogP contribution in [0.2, 0.25) is 0 Å². The third-order valence-corrected chi connectivity index (χ3v) is 4.30. The Balaban J connectivity index is 1.47. The second-order valence-electron chi connectivity index (χ2n) is 5.21. The highest BCUT2D eigenvalue weighted by molar-refractivity contribution is 7.13. The summed E-state index contributed by atoms with van der Waals surface area (Å²) in [6, 6.07) is 15.2. The van der Waals surface area contributed by atoms with Gasteiger partial charge in [0.2, 0.25) is 0 Å². The smallest absolute Gasteiger partial charge is 0.344 e. The summed E-state index contributed by atoms with van der Waals surface area (Å²) >= 11 is 1.48. The molecule has 0 saturated carbocycles. The van der Waals surface area contributed by atoms with Gasteiger partial charge in [0.15, 0.2) is 6.61 Å². The molecule has 8 heteroatoms. The number of nitrogens with zero attached hydrogens (tertiary/aromatic N) is 2. The van der Waals surface area contributed by atoms with E-state index in [1.54, 1.807) is 0 Å². The molecule has 26 heavy (non-hydrogen) atoms. The molecule has 3 rings (SSSR count). The average Bonchev–Trinajstić information content (AvgIpc) is 3.15. The Hall–Kier alpha value is -3.26. The van der Waals surface area contributed by atoms with E-state index in [0.29, 0.717) is 11.4 Å². The van der Waals surface area contributed by atoms with Crippen molar-refractivity contribution < 1.29 is 19.2 Å². The van der Waals surface area contributed by atoms with E-state index in [2.05, 4.69) is 4.98 Å². The lowest BCUT2D eigenvalue weighted by molar-refractivity contribution is -0.384. The number of ether oxygens (including phenoxy) is 2. The van der Waals surface area contributed by atoms with Crippen LogP contribution in [0, 0.1) is 10.1 Å². The molecule has 132 valence electrons. The Bertz CT molecular complexity index is 893. The van der Waals surface area contributed by atoms with Crippen LogP contribution >= 0.6 is 11.3 Å². The number of nitro benzene ring substituents is 1. The fourth-order valence-electron chi connectivity index (χ4n) is 2.09. The molecule has 2 aromatic carbocycles. The van der Waals surface area contributed by atoms with Crippen LogP contribution in [-0.2, 0) is 16.1 Å². The SMILES string of the molecule is O=C(COc1ccc([N+](=O)[O-])cc1)OCc1csc(-c2ccccc2)n1. The number of thiazole rings is 1. The molecule has 0 spiro atoms. The summed E-state index contributed by atoms with van der Waals surface area (Å²) < 4.78 is 10.4. The predicted octanol–water partition coefficient (Wildman–Crippen LogP) is 3.84. The van der Waals surface area contributed by atoms with E-state index in [0.717, 1.165) is 10.6 Å². The molecule has 0 amide bonds. The van der Waals surface area contributed by atoms with Gasteiger partial charge in [0.25, 0.3) is 5.69 Å². The van der Waals surface area contributed by atoms with Crippen LogP contribution in [0.25, 0.3) is 10.6 Å². The lowest BCUT2D eigenvalue weighted by Gasteiger charge is -2.06. The monoisotopic (exact) mass is 370 g/mol. The van der Waals surface area contributed by atoms with E-state index in [-0.39, 0.29) is 18.9 Å². The summed E-state index contributed by atoms with van der Waals surface area (Å²) in [6.07, 6.45) is 0. The van der Waals surface area contributed by atoms with E-state index >= 15 is 0 Å². The van der Waals surface area contributed by atoms with Gasteiger partial charge in [-0.15, -0.1) is 11.3 Å². The highest BCUT2D eigenvalue weighted by Crippen LogP contribution is 2.23. The van der Waals surface area contributed by atoms with Crippen LogP contribution in [-0.4, -0.2) is 22.5 Å². The zero-order valence-electron chi connectivity index (χ0n) is 13.5. The molecular formula is C18H14N2O5S. The lowest BCUT2D eigenvalue weighted by atomic mass is 10.2. The van der Waals surface area contributed by atoms with Gasteiger partial charge in [0.1, 0.15) is 17.4 Å². The van der Waals surface area contributed by atoms with Crippen LogP contribution < -0.4 is 4.74 Å². The van der Waals surface area contributed by atoms with Crippen molar-refractivity contribution in [1.82, 2.24) is 4.98 Å². The largest absolute Gasteiger partial charge is 0.482 e. The summed E-state index contributed by atoms with van der Waals surface area (Å²) in [5, 5.41) is 13.3. The second-order valence-corrected chi connectivity index (χ2v) is 6.07. The van der Waals surface area contributed by atoms with Gasteiger partial charge >= 0.3 is 5.97 Å². The molecule has 7 nitrogen and oxygen atoms in total. The Kier molecular flexibility index (Phi) is 5.55. The number of hydrogen-bond donors (Lipinski definition) is 0. The first-order valence-corrected chi connectivity index (χ1v) is 8.52. The Labute approximate surface area is 153 Å². The van der Waals surface area contributed by atoms with Crippen molar-refractivity contribution in [2.75, 3.05) is 6.61 Å². The Morgan fingerprint density at radius 1 is 1.12 bits per heavy atom. The number of non-ortho nitro benzene ring substituents is 1. The lowest BCUT2D eigenvalue weighted by Crippen LogP contribution is -2.14. The minimum absolute atomic E-state index is 0.0438. The number of carbonyl (C=O) groups is 1. The summed E-state index contributed by atoms with van der Waals surface area (Å²) in [7, 11) is 0. The first kappa shape index (κ1) is 17.6. The van der Waals surface area contributed by atoms with Crippen molar-refractivity contribution in [3.63, 3.8) is 0 Å². The fourth-order valence-corrected chi connectivity index (χ4v) is 2.90. The number of benzene rings is 2. The normalized spacial score (nSPS) is 10.3. The molecule has 0 bridgehead atoms. The fraction of sp³-hybridized carbons (Fsp3) is 0.111. The molecule has 0 fully saturated rings. The molecule has 1 heterocycles. The van der Waals surface area contributed by atoms with Crippen LogP contribution in [0.3, 0.4) is 0 Å². The topological polar surface area (TPSA) is 91.6 Å². The van der Waals surface area contributed by atoms with Gasteiger partial charge in [-0.1, -0.05) is 30.3 Å². The summed E-state index contributed by atoms with van der Waals surface area (Å²) in [5.74, 6) is -0.190. The number of nitro groups is 1. The van der Waals surface area contributed by atoms with Gasteiger partial charge in [0, 0.05) is 23.1 Å². The highest BCUT2D eigenvalue weighted by Gasteiger charge is 2.10. The molecule has 1 aromatic heterocycles. The molecule has 0 atom stereocenters. The third-order valence-electron chi connectivity index (χ3n) is 3.36. The number of hydrogen-bond acceptors (Lipinski definition) is 7. The first-order chi connectivity index (χ1) is 12.6. The van der Waals surface area contributed by atoms with E-state index in [9.17, 15) is 14.9 Å². The van der Waals surface area contributed by atoms with Crippen molar-refractivity contribution >= 4 is 23.0 Å². The van der Waals surface area contributed by atoms with Gasteiger partial charge in [0.05, 0.1) is 10.6 Å². The van der Waals surface area contributed by atoms with Crippen LogP contribution in [0.1, 0.15) is 5.69 Å². The van der Waals surface area contributed by atoms with Crippen molar-refractivity contribution in [1.29, 1.82) is 0 Å². The van der Waals surface area contributed by atoms with Crippen molar-refractivity contribution in [2.24, 2.45) is 0 Å². The van der Waals surface area contributed by atoms with Gasteiger partial charge in [-0.05, 0) is 12.1 Å². The maximum atomic E-state index is 11.8. The summed E-state index contributed by atoms with van der Waals surface area (Å²) in [5.41, 5.74) is 1.63. The molecule has 0 unspecified atom stereocenters. The number of aromatic nitrogens is 1. The van der Waals surface area contributed by atoms with Crippen LogP contribution in [0.4, 0.5) is 5.69 Å². The quantitative estimate of drug-likeness (QED) is 0.356. The van der Waals surface area contributed by atoms with Gasteiger partial charge < -0.3 is 9.47 Å². The van der Waals surface area contributed by atoms with Crippen LogP contribution in [0.15, 0.2) is 60.0 Å². The molecule has 0 saturated heterocycles. The van der Waals surface area contributed by atoms with E-state index in [4.69, 9.17) is 9.47 Å². The summed E-state index contributed by atoms with van der Waals surface area (Å²) in [6.45, 7) is -0.223. The maximum Gasteiger partial charge on any atom is 0.344 e. The highest BCUT2D eigenvalue weighted by atomic mass is 32.1. The molecule has 3 aromatic rings. The molecule has 0 N–H and O–H groups in total. The summed E-state index contributed by atoms with van der Waals surface area (Å²) in [4.78, 5) is 26.3.